The minimum atomic E-state index is -0.0922. The number of ether oxygens (including phenoxy) is 2. The number of ketones is 1. The minimum Gasteiger partial charge on any atom is -0.496 e. The zero-order chi connectivity index (χ0) is 26.4. The predicted octanol–water partition coefficient (Wildman–Crippen LogP) is 4.89. The van der Waals surface area contributed by atoms with E-state index in [0.29, 0.717) is 34.8 Å². The summed E-state index contributed by atoms with van der Waals surface area (Å²) in [4.78, 5) is 23.3. The van der Waals surface area contributed by atoms with E-state index in [1.807, 2.05) is 25.7 Å². The first-order valence-corrected chi connectivity index (χ1v) is 11.8. The van der Waals surface area contributed by atoms with Crippen molar-refractivity contribution in [2.75, 3.05) is 34.4 Å². The zero-order valence-corrected chi connectivity index (χ0v) is 22.0. The lowest BCUT2D eigenvalue weighted by atomic mass is 9.97. The normalized spacial score (nSPS) is 14.9. The molecule has 3 rings (SSSR count). The molecule has 0 saturated carbocycles. The number of Topliss-reactive ketones (excluding diaryl/α,β-unsaturated/α-hetero) is 1. The molecule has 1 fully saturated rings. The maximum Gasteiger partial charge on any atom is 0.184 e. The maximum atomic E-state index is 12.6. The SMILES string of the molecule is CC1CCN(C#N)C1.CCc1cnc(-c2cc(C#N)ccc2OC)nc1C(=O)C(C)CC.COC. The molecule has 1 aliphatic heterocycles. The van der Waals surface area contributed by atoms with Gasteiger partial charge in [0.05, 0.1) is 24.3 Å². The van der Waals surface area contributed by atoms with Crippen LogP contribution < -0.4 is 4.74 Å². The Bertz CT molecular complexity index is 1040. The van der Waals surface area contributed by atoms with Crippen molar-refractivity contribution in [1.29, 1.82) is 10.5 Å². The van der Waals surface area contributed by atoms with Crippen LogP contribution in [0.1, 0.15) is 62.2 Å². The third-order valence-electron chi connectivity index (χ3n) is 5.67. The summed E-state index contributed by atoms with van der Waals surface area (Å²) in [5, 5.41) is 17.5. The van der Waals surface area contributed by atoms with Gasteiger partial charge in [-0.3, -0.25) is 4.79 Å². The third-order valence-corrected chi connectivity index (χ3v) is 5.67. The van der Waals surface area contributed by atoms with Gasteiger partial charge in [-0.05, 0) is 48.9 Å². The molecule has 1 aromatic heterocycles. The highest BCUT2D eigenvalue weighted by molar-refractivity contribution is 5.97. The Morgan fingerprint density at radius 2 is 1.94 bits per heavy atom. The molecule has 8 nitrogen and oxygen atoms in total. The molecule has 0 radical (unpaired) electrons. The lowest BCUT2D eigenvalue weighted by Gasteiger charge is -2.13. The highest BCUT2D eigenvalue weighted by atomic mass is 16.5. The molecular weight excluding hydrogens is 442 g/mol. The molecule has 2 heterocycles. The largest absolute Gasteiger partial charge is 0.496 e. The Morgan fingerprint density at radius 1 is 1.26 bits per heavy atom. The van der Waals surface area contributed by atoms with Crippen LogP contribution in [0.3, 0.4) is 0 Å². The number of carbonyl (C=O) groups is 1. The van der Waals surface area contributed by atoms with E-state index < -0.39 is 0 Å². The molecular formula is C27H37N5O3. The van der Waals surface area contributed by atoms with Gasteiger partial charge in [-0.15, -0.1) is 0 Å². The second-order valence-corrected chi connectivity index (χ2v) is 8.47. The summed E-state index contributed by atoms with van der Waals surface area (Å²) in [7, 11) is 4.80. The molecule has 1 aliphatic rings. The lowest BCUT2D eigenvalue weighted by Crippen LogP contribution is -2.16. The number of carbonyl (C=O) groups excluding carboxylic acids is 1. The van der Waals surface area contributed by atoms with Crippen molar-refractivity contribution in [2.24, 2.45) is 11.8 Å². The summed E-state index contributed by atoms with van der Waals surface area (Å²) in [6.07, 6.45) is 6.45. The van der Waals surface area contributed by atoms with Gasteiger partial charge in [0.15, 0.2) is 17.8 Å². The summed E-state index contributed by atoms with van der Waals surface area (Å²) >= 11 is 0. The Kier molecular flexibility index (Phi) is 13.0. The van der Waals surface area contributed by atoms with Crippen LogP contribution in [-0.4, -0.2) is 55.1 Å². The monoisotopic (exact) mass is 479 g/mol. The number of benzene rings is 1. The molecule has 0 N–H and O–H groups in total. The fourth-order valence-corrected chi connectivity index (χ4v) is 3.41. The molecule has 188 valence electrons. The van der Waals surface area contributed by atoms with Crippen molar-refractivity contribution in [3.63, 3.8) is 0 Å². The van der Waals surface area contributed by atoms with Crippen LogP contribution in [0.2, 0.25) is 0 Å². The molecule has 2 atom stereocenters. The van der Waals surface area contributed by atoms with Crippen molar-refractivity contribution in [3.05, 3.63) is 41.2 Å². The van der Waals surface area contributed by atoms with Crippen LogP contribution in [0.4, 0.5) is 0 Å². The molecule has 35 heavy (non-hydrogen) atoms. The minimum absolute atomic E-state index is 0.0217. The van der Waals surface area contributed by atoms with Gasteiger partial charge in [0, 0.05) is 39.4 Å². The first-order valence-electron chi connectivity index (χ1n) is 11.8. The molecule has 0 aliphatic carbocycles. The summed E-state index contributed by atoms with van der Waals surface area (Å²) in [5.41, 5.74) is 2.39. The van der Waals surface area contributed by atoms with Gasteiger partial charge < -0.3 is 14.4 Å². The van der Waals surface area contributed by atoms with Crippen LogP contribution in [-0.2, 0) is 11.2 Å². The van der Waals surface area contributed by atoms with E-state index in [9.17, 15) is 4.79 Å². The van der Waals surface area contributed by atoms with Gasteiger partial charge >= 0.3 is 0 Å². The van der Waals surface area contributed by atoms with Crippen LogP contribution in [0.5, 0.6) is 5.75 Å². The van der Waals surface area contributed by atoms with Crippen molar-refractivity contribution in [1.82, 2.24) is 14.9 Å². The van der Waals surface area contributed by atoms with E-state index in [2.05, 4.69) is 33.9 Å². The quantitative estimate of drug-likeness (QED) is 0.425. The maximum absolute atomic E-state index is 12.6. The number of aromatic nitrogens is 2. The standard InChI is InChI=1S/C19H21N3O2.C6H10N2.C2H6O/c1-5-12(3)18(23)17-14(6-2)11-21-19(22-17)15-9-13(10-20)7-8-16(15)24-4;1-6-2-3-8(4-6)5-7;1-3-2/h7-9,11-12H,5-6H2,1-4H3;6H,2-4H2,1H3;1-2H3. The average molecular weight is 480 g/mol. The van der Waals surface area contributed by atoms with E-state index in [0.717, 1.165) is 31.0 Å². The van der Waals surface area contributed by atoms with E-state index in [4.69, 9.17) is 15.3 Å². The number of hydrogen-bond acceptors (Lipinski definition) is 8. The first kappa shape index (κ1) is 29.5. The number of methoxy groups -OCH3 is 2. The Hall–Kier alpha value is -3.49. The van der Waals surface area contributed by atoms with Crippen molar-refractivity contribution >= 4 is 5.78 Å². The molecule has 2 aromatic rings. The van der Waals surface area contributed by atoms with Crippen LogP contribution >= 0.6 is 0 Å². The number of likely N-dealkylation sites (tertiary alicyclic amines) is 1. The fourth-order valence-electron chi connectivity index (χ4n) is 3.41. The Balaban J connectivity index is 0.000000461. The average Bonchev–Trinajstić information content (AvgIpc) is 3.33. The van der Waals surface area contributed by atoms with Gasteiger partial charge in [0.25, 0.3) is 0 Å². The summed E-state index contributed by atoms with van der Waals surface area (Å²) in [6.45, 7) is 9.98. The van der Waals surface area contributed by atoms with Gasteiger partial charge in [-0.2, -0.15) is 10.5 Å². The molecule has 1 aromatic carbocycles. The van der Waals surface area contributed by atoms with Crippen molar-refractivity contribution < 1.29 is 14.3 Å². The molecule has 0 bridgehead atoms. The molecule has 2 unspecified atom stereocenters. The van der Waals surface area contributed by atoms with Crippen molar-refractivity contribution in [3.8, 4) is 29.4 Å². The van der Waals surface area contributed by atoms with Crippen molar-refractivity contribution in [2.45, 2.75) is 47.0 Å². The fraction of sp³-hybridized carbons (Fsp3) is 0.519. The third kappa shape index (κ3) is 8.66. The Labute approximate surface area is 209 Å². The zero-order valence-electron chi connectivity index (χ0n) is 22.0. The highest BCUT2D eigenvalue weighted by Gasteiger charge is 2.21. The van der Waals surface area contributed by atoms with Crippen LogP contribution in [0.25, 0.3) is 11.4 Å². The van der Waals surface area contributed by atoms with Crippen LogP contribution in [0, 0.1) is 34.6 Å². The van der Waals surface area contributed by atoms with E-state index in [-0.39, 0.29) is 11.7 Å². The first-order chi connectivity index (χ1) is 16.8. The second-order valence-electron chi connectivity index (χ2n) is 8.47. The number of nitriles is 2. The van der Waals surface area contributed by atoms with E-state index >= 15 is 0 Å². The van der Waals surface area contributed by atoms with E-state index in [1.165, 1.54) is 6.42 Å². The lowest BCUT2D eigenvalue weighted by molar-refractivity contribution is 0.0921. The smallest absolute Gasteiger partial charge is 0.184 e. The summed E-state index contributed by atoms with van der Waals surface area (Å²) in [6, 6.07) is 7.16. The molecule has 8 heteroatoms. The number of nitrogens with zero attached hydrogens (tertiary/aromatic N) is 5. The second kappa shape index (κ2) is 15.4. The van der Waals surface area contributed by atoms with Crippen LogP contribution in [0.15, 0.2) is 24.4 Å². The molecule has 1 saturated heterocycles. The topological polar surface area (TPSA) is 112 Å². The van der Waals surface area contributed by atoms with Gasteiger partial charge in [0.1, 0.15) is 11.4 Å². The summed E-state index contributed by atoms with van der Waals surface area (Å²) in [5.74, 6) is 1.63. The number of aryl methyl sites for hydroxylation is 1. The summed E-state index contributed by atoms with van der Waals surface area (Å²) < 4.78 is 9.60. The molecule has 0 spiro atoms. The molecule has 0 amide bonds. The number of hydrogen-bond donors (Lipinski definition) is 0. The number of rotatable bonds is 6. The van der Waals surface area contributed by atoms with Gasteiger partial charge in [0.2, 0.25) is 0 Å². The van der Waals surface area contributed by atoms with E-state index in [1.54, 1.807) is 45.7 Å². The van der Waals surface area contributed by atoms with Gasteiger partial charge in [-0.1, -0.05) is 27.7 Å². The highest BCUT2D eigenvalue weighted by Crippen LogP contribution is 2.29. The predicted molar refractivity (Wildman–Crippen MR) is 136 cm³/mol. The van der Waals surface area contributed by atoms with Gasteiger partial charge in [-0.25, -0.2) is 9.97 Å². The Morgan fingerprint density at radius 3 is 2.40 bits per heavy atom.